The van der Waals surface area contributed by atoms with Gasteiger partial charge in [0, 0.05) is 10.5 Å². The van der Waals surface area contributed by atoms with Crippen molar-refractivity contribution in [2.24, 2.45) is 0 Å². The van der Waals surface area contributed by atoms with Gasteiger partial charge in [0.2, 0.25) is 0 Å². The van der Waals surface area contributed by atoms with Gasteiger partial charge in [-0.25, -0.2) is 4.39 Å². The number of halogens is 2. The number of nitrogens with one attached hydrogen (secondary N) is 1. The first-order chi connectivity index (χ1) is 10.1. The standard InChI is InChI=1S/C18H21BrFN/c1-3-10-21-18(16-7-5-4-6-13(16)2)11-14-8-9-15(20)12-17(14)19/h4-9,12,18,21H,3,10-11H2,1-2H3. The van der Waals surface area contributed by atoms with Crippen molar-refractivity contribution in [1.82, 2.24) is 5.32 Å². The Morgan fingerprint density at radius 3 is 2.62 bits per heavy atom. The number of rotatable bonds is 6. The number of benzene rings is 2. The van der Waals surface area contributed by atoms with Gasteiger partial charge in [-0.15, -0.1) is 0 Å². The van der Waals surface area contributed by atoms with E-state index < -0.39 is 0 Å². The fourth-order valence-electron chi connectivity index (χ4n) is 2.50. The molecule has 0 fully saturated rings. The number of hydrogen-bond donors (Lipinski definition) is 1. The maximum absolute atomic E-state index is 13.2. The van der Waals surface area contributed by atoms with Crippen molar-refractivity contribution in [2.45, 2.75) is 32.7 Å². The summed E-state index contributed by atoms with van der Waals surface area (Å²) in [5.74, 6) is -0.209. The van der Waals surface area contributed by atoms with Crippen molar-refractivity contribution >= 4 is 15.9 Å². The summed E-state index contributed by atoms with van der Waals surface area (Å²) in [5, 5.41) is 3.60. The third kappa shape index (κ3) is 4.39. The molecule has 21 heavy (non-hydrogen) atoms. The molecule has 3 heteroatoms. The molecule has 0 saturated carbocycles. The molecule has 2 aromatic carbocycles. The third-order valence-corrected chi connectivity index (χ3v) is 4.38. The topological polar surface area (TPSA) is 12.0 Å². The number of aryl methyl sites for hydroxylation is 1. The van der Waals surface area contributed by atoms with Crippen molar-refractivity contribution < 1.29 is 4.39 Å². The van der Waals surface area contributed by atoms with Crippen molar-refractivity contribution in [3.05, 3.63) is 69.4 Å². The maximum Gasteiger partial charge on any atom is 0.124 e. The first-order valence-electron chi connectivity index (χ1n) is 7.34. The minimum atomic E-state index is -0.209. The molecule has 0 aliphatic rings. The molecule has 0 aliphatic carbocycles. The predicted molar refractivity (Wildman–Crippen MR) is 90.0 cm³/mol. The summed E-state index contributed by atoms with van der Waals surface area (Å²) in [6.45, 7) is 5.27. The minimum absolute atomic E-state index is 0.209. The number of hydrogen-bond acceptors (Lipinski definition) is 1. The third-order valence-electron chi connectivity index (χ3n) is 3.64. The van der Waals surface area contributed by atoms with Gasteiger partial charge in [0.15, 0.2) is 0 Å². The van der Waals surface area contributed by atoms with Crippen molar-refractivity contribution in [2.75, 3.05) is 6.54 Å². The summed E-state index contributed by atoms with van der Waals surface area (Å²) >= 11 is 3.47. The molecule has 0 aromatic heterocycles. The van der Waals surface area contributed by atoms with Crippen molar-refractivity contribution in [3.63, 3.8) is 0 Å². The Labute approximate surface area is 134 Å². The molecule has 112 valence electrons. The van der Waals surface area contributed by atoms with Gasteiger partial charge >= 0.3 is 0 Å². The molecule has 0 aliphatic heterocycles. The normalized spacial score (nSPS) is 12.4. The minimum Gasteiger partial charge on any atom is -0.310 e. The molecule has 1 nitrogen and oxygen atoms in total. The molecule has 0 radical (unpaired) electrons. The second kappa shape index (κ2) is 7.71. The van der Waals surface area contributed by atoms with Crippen LogP contribution in [0.25, 0.3) is 0 Å². The fraction of sp³-hybridized carbons (Fsp3) is 0.333. The van der Waals surface area contributed by atoms with Crippen LogP contribution in [0.2, 0.25) is 0 Å². The van der Waals surface area contributed by atoms with Gasteiger partial charge in [0.1, 0.15) is 5.82 Å². The molecule has 1 N–H and O–H groups in total. The van der Waals surface area contributed by atoms with Crippen LogP contribution >= 0.6 is 15.9 Å². The maximum atomic E-state index is 13.2. The van der Waals surface area contributed by atoms with Crippen LogP contribution < -0.4 is 5.32 Å². The highest BCUT2D eigenvalue weighted by Crippen LogP contribution is 2.26. The summed E-state index contributed by atoms with van der Waals surface area (Å²) in [4.78, 5) is 0. The van der Waals surface area contributed by atoms with E-state index in [1.165, 1.54) is 23.3 Å². The van der Waals surface area contributed by atoms with Crippen LogP contribution in [-0.4, -0.2) is 6.54 Å². The molecule has 0 heterocycles. The Morgan fingerprint density at radius 2 is 1.95 bits per heavy atom. The van der Waals surface area contributed by atoms with Crippen LogP contribution in [0.1, 0.15) is 36.1 Å². The average Bonchev–Trinajstić information content (AvgIpc) is 2.46. The average molecular weight is 350 g/mol. The summed E-state index contributed by atoms with van der Waals surface area (Å²) in [7, 11) is 0. The lowest BCUT2D eigenvalue weighted by atomic mass is 9.95. The Balaban J connectivity index is 2.26. The summed E-state index contributed by atoms with van der Waals surface area (Å²) in [6.07, 6.45) is 1.93. The van der Waals surface area contributed by atoms with E-state index in [-0.39, 0.29) is 11.9 Å². The van der Waals surface area contributed by atoms with E-state index in [2.05, 4.69) is 59.4 Å². The lowest BCUT2D eigenvalue weighted by Gasteiger charge is -2.21. The van der Waals surface area contributed by atoms with Crippen LogP contribution in [0.4, 0.5) is 4.39 Å². The lowest BCUT2D eigenvalue weighted by molar-refractivity contribution is 0.525. The van der Waals surface area contributed by atoms with Gasteiger partial charge in [-0.3, -0.25) is 0 Å². The quantitative estimate of drug-likeness (QED) is 0.757. The SMILES string of the molecule is CCCNC(Cc1ccc(F)cc1Br)c1ccccc1C. The Hall–Kier alpha value is -1.19. The van der Waals surface area contributed by atoms with Crippen molar-refractivity contribution in [3.8, 4) is 0 Å². The largest absolute Gasteiger partial charge is 0.310 e. The van der Waals surface area contributed by atoms with E-state index in [1.807, 2.05) is 6.07 Å². The van der Waals surface area contributed by atoms with E-state index in [0.717, 1.165) is 29.4 Å². The smallest absolute Gasteiger partial charge is 0.124 e. The van der Waals surface area contributed by atoms with Crippen LogP contribution in [0.3, 0.4) is 0 Å². The van der Waals surface area contributed by atoms with E-state index in [4.69, 9.17) is 0 Å². The van der Waals surface area contributed by atoms with Crippen LogP contribution in [0, 0.1) is 12.7 Å². The summed E-state index contributed by atoms with van der Waals surface area (Å²) in [6, 6.07) is 13.6. The van der Waals surface area contributed by atoms with Gasteiger partial charge in [0.05, 0.1) is 0 Å². The fourth-order valence-corrected chi connectivity index (χ4v) is 3.01. The second-order valence-corrected chi connectivity index (χ2v) is 6.16. The van der Waals surface area contributed by atoms with Crippen LogP contribution in [0.15, 0.2) is 46.9 Å². The van der Waals surface area contributed by atoms with Gasteiger partial charge in [-0.2, -0.15) is 0 Å². The van der Waals surface area contributed by atoms with Gasteiger partial charge in [-0.05, 0) is 55.1 Å². The predicted octanol–water partition coefficient (Wildman–Crippen LogP) is 5.18. The zero-order valence-electron chi connectivity index (χ0n) is 12.5. The Bertz CT molecular complexity index is 598. The molecule has 0 amide bonds. The highest BCUT2D eigenvalue weighted by molar-refractivity contribution is 9.10. The Morgan fingerprint density at radius 1 is 1.19 bits per heavy atom. The van der Waals surface area contributed by atoms with Crippen LogP contribution in [-0.2, 0) is 6.42 Å². The monoisotopic (exact) mass is 349 g/mol. The highest BCUT2D eigenvalue weighted by atomic mass is 79.9. The molecule has 0 bridgehead atoms. The first kappa shape index (κ1) is 16.2. The summed E-state index contributed by atoms with van der Waals surface area (Å²) in [5.41, 5.74) is 3.71. The van der Waals surface area contributed by atoms with Gasteiger partial charge < -0.3 is 5.32 Å². The van der Waals surface area contributed by atoms with E-state index in [9.17, 15) is 4.39 Å². The van der Waals surface area contributed by atoms with Gasteiger partial charge in [0.25, 0.3) is 0 Å². The molecule has 0 saturated heterocycles. The van der Waals surface area contributed by atoms with E-state index in [1.54, 1.807) is 0 Å². The van der Waals surface area contributed by atoms with Crippen LogP contribution in [0.5, 0.6) is 0 Å². The molecule has 1 atom stereocenters. The zero-order valence-corrected chi connectivity index (χ0v) is 14.1. The molecule has 2 aromatic rings. The first-order valence-corrected chi connectivity index (χ1v) is 8.14. The van der Waals surface area contributed by atoms with E-state index >= 15 is 0 Å². The van der Waals surface area contributed by atoms with Crippen molar-refractivity contribution in [1.29, 1.82) is 0 Å². The molecule has 0 spiro atoms. The Kier molecular flexibility index (Phi) is 5.95. The molecule has 2 rings (SSSR count). The zero-order chi connectivity index (χ0) is 15.2. The van der Waals surface area contributed by atoms with Gasteiger partial charge in [-0.1, -0.05) is 53.2 Å². The second-order valence-electron chi connectivity index (χ2n) is 5.30. The molecular weight excluding hydrogens is 329 g/mol. The highest BCUT2D eigenvalue weighted by Gasteiger charge is 2.15. The summed E-state index contributed by atoms with van der Waals surface area (Å²) < 4.78 is 14.1. The molecular formula is C18H21BrFN. The van der Waals surface area contributed by atoms with E-state index in [0.29, 0.717) is 0 Å². The lowest BCUT2D eigenvalue weighted by Crippen LogP contribution is -2.25. The molecule has 1 unspecified atom stereocenters.